The van der Waals surface area contributed by atoms with Crippen LogP contribution in [0.15, 0.2) is 24.3 Å². The Morgan fingerprint density at radius 2 is 2.11 bits per heavy atom. The van der Waals surface area contributed by atoms with E-state index in [1.54, 1.807) is 0 Å². The van der Waals surface area contributed by atoms with Crippen LogP contribution in [-0.4, -0.2) is 25.8 Å². The number of benzene rings is 1. The smallest absolute Gasteiger partial charge is 0.0547 e. The molecule has 0 radical (unpaired) electrons. The molecule has 1 atom stereocenters. The number of hydrogen-bond donors (Lipinski definition) is 1. The standard InChI is InChI=1S/C16H22ClNO/c17-15-3-1-2-13(8-15)14(9-18-16-6-7-16)11-19-10-12-4-5-12/h1-3,8,12,14,16,18H,4-7,9-11H2. The van der Waals surface area contributed by atoms with E-state index >= 15 is 0 Å². The molecule has 2 aliphatic carbocycles. The fourth-order valence-corrected chi connectivity index (χ4v) is 2.49. The van der Waals surface area contributed by atoms with E-state index in [2.05, 4.69) is 17.4 Å². The highest BCUT2D eigenvalue weighted by molar-refractivity contribution is 6.30. The highest BCUT2D eigenvalue weighted by Gasteiger charge is 2.24. The largest absolute Gasteiger partial charge is 0.380 e. The fraction of sp³-hybridized carbons (Fsp3) is 0.625. The molecule has 0 spiro atoms. The third kappa shape index (κ3) is 4.48. The van der Waals surface area contributed by atoms with E-state index < -0.39 is 0 Å². The van der Waals surface area contributed by atoms with Crippen LogP contribution in [0.5, 0.6) is 0 Å². The van der Waals surface area contributed by atoms with E-state index in [1.807, 2.05) is 12.1 Å². The van der Waals surface area contributed by atoms with Gasteiger partial charge in [-0.1, -0.05) is 23.7 Å². The summed E-state index contributed by atoms with van der Waals surface area (Å²) < 4.78 is 5.88. The minimum absolute atomic E-state index is 0.415. The van der Waals surface area contributed by atoms with Crippen molar-refractivity contribution in [3.05, 3.63) is 34.9 Å². The lowest BCUT2D eigenvalue weighted by atomic mass is 10.00. The van der Waals surface area contributed by atoms with Gasteiger partial charge in [-0.05, 0) is 49.3 Å². The number of rotatable bonds is 8. The number of nitrogens with one attached hydrogen (secondary N) is 1. The highest BCUT2D eigenvalue weighted by atomic mass is 35.5. The van der Waals surface area contributed by atoms with Crippen LogP contribution >= 0.6 is 11.6 Å². The van der Waals surface area contributed by atoms with Gasteiger partial charge in [0.05, 0.1) is 6.61 Å². The molecular weight excluding hydrogens is 258 g/mol. The molecule has 1 N–H and O–H groups in total. The third-order valence-electron chi connectivity index (χ3n) is 3.92. The lowest BCUT2D eigenvalue weighted by Gasteiger charge is -2.18. The molecule has 0 amide bonds. The zero-order chi connectivity index (χ0) is 13.1. The van der Waals surface area contributed by atoms with Gasteiger partial charge in [-0.2, -0.15) is 0 Å². The first-order chi connectivity index (χ1) is 9.31. The Labute approximate surface area is 120 Å². The summed E-state index contributed by atoms with van der Waals surface area (Å²) in [5, 5.41) is 4.42. The first-order valence-electron chi connectivity index (χ1n) is 7.38. The summed E-state index contributed by atoms with van der Waals surface area (Å²) in [4.78, 5) is 0. The molecule has 2 nitrogen and oxygen atoms in total. The Kier molecular flexibility index (Phi) is 4.42. The zero-order valence-corrected chi connectivity index (χ0v) is 12.0. The minimum Gasteiger partial charge on any atom is -0.380 e. The van der Waals surface area contributed by atoms with E-state index in [9.17, 15) is 0 Å². The third-order valence-corrected chi connectivity index (χ3v) is 4.15. The summed E-state index contributed by atoms with van der Waals surface area (Å²) in [6, 6.07) is 8.93. The molecule has 1 aromatic carbocycles. The number of ether oxygens (including phenoxy) is 1. The van der Waals surface area contributed by atoms with Crippen LogP contribution in [0.2, 0.25) is 5.02 Å². The van der Waals surface area contributed by atoms with Gasteiger partial charge >= 0.3 is 0 Å². The number of hydrogen-bond acceptors (Lipinski definition) is 2. The molecule has 0 saturated heterocycles. The van der Waals surface area contributed by atoms with Crippen LogP contribution in [0.25, 0.3) is 0 Å². The fourth-order valence-electron chi connectivity index (χ4n) is 2.29. The molecule has 2 fully saturated rings. The topological polar surface area (TPSA) is 21.3 Å². The molecule has 19 heavy (non-hydrogen) atoms. The molecule has 3 rings (SSSR count). The maximum Gasteiger partial charge on any atom is 0.0547 e. The normalized spacial score (nSPS) is 20.5. The van der Waals surface area contributed by atoms with Crippen molar-refractivity contribution in [3.63, 3.8) is 0 Å². The summed E-state index contributed by atoms with van der Waals surface area (Å²) in [5.74, 6) is 1.24. The van der Waals surface area contributed by atoms with E-state index in [0.717, 1.165) is 36.7 Å². The predicted molar refractivity (Wildman–Crippen MR) is 78.8 cm³/mol. The van der Waals surface area contributed by atoms with Gasteiger partial charge in [0.1, 0.15) is 0 Å². The summed E-state index contributed by atoms with van der Waals surface area (Å²) in [6.45, 7) is 2.73. The molecule has 0 bridgehead atoms. The van der Waals surface area contributed by atoms with Crippen molar-refractivity contribution in [2.75, 3.05) is 19.8 Å². The van der Waals surface area contributed by atoms with Gasteiger partial charge in [-0.15, -0.1) is 0 Å². The Morgan fingerprint density at radius 1 is 1.26 bits per heavy atom. The van der Waals surface area contributed by atoms with Crippen LogP contribution in [0.4, 0.5) is 0 Å². The second-order valence-electron chi connectivity index (χ2n) is 5.92. The molecule has 0 heterocycles. The zero-order valence-electron chi connectivity index (χ0n) is 11.3. The van der Waals surface area contributed by atoms with Crippen LogP contribution in [-0.2, 0) is 4.74 Å². The average Bonchev–Trinajstić information content (AvgIpc) is 3.26. The SMILES string of the molecule is Clc1cccc(C(CNC2CC2)COCC2CC2)c1. The van der Waals surface area contributed by atoms with Gasteiger partial charge in [0.2, 0.25) is 0 Å². The van der Waals surface area contributed by atoms with Gasteiger partial charge < -0.3 is 10.1 Å². The van der Waals surface area contributed by atoms with Gasteiger partial charge in [-0.3, -0.25) is 0 Å². The predicted octanol–water partition coefficient (Wildman–Crippen LogP) is 3.60. The summed E-state index contributed by atoms with van der Waals surface area (Å²) in [7, 11) is 0. The van der Waals surface area contributed by atoms with Crippen LogP contribution in [0.1, 0.15) is 37.2 Å². The van der Waals surface area contributed by atoms with E-state index in [1.165, 1.54) is 31.2 Å². The van der Waals surface area contributed by atoms with E-state index in [0.29, 0.717) is 5.92 Å². The molecule has 104 valence electrons. The van der Waals surface area contributed by atoms with Gasteiger partial charge in [0, 0.05) is 30.1 Å². The maximum absolute atomic E-state index is 6.10. The van der Waals surface area contributed by atoms with Gasteiger partial charge in [-0.25, -0.2) is 0 Å². The van der Waals surface area contributed by atoms with Crippen LogP contribution in [0.3, 0.4) is 0 Å². The molecule has 1 unspecified atom stereocenters. The first-order valence-corrected chi connectivity index (χ1v) is 7.75. The molecular formula is C16H22ClNO. The Hall–Kier alpha value is -0.570. The summed E-state index contributed by atoms with van der Waals surface area (Å²) in [5.41, 5.74) is 1.29. The summed E-state index contributed by atoms with van der Waals surface area (Å²) >= 11 is 6.10. The quantitative estimate of drug-likeness (QED) is 0.785. The van der Waals surface area contributed by atoms with Crippen molar-refractivity contribution in [2.45, 2.75) is 37.6 Å². The monoisotopic (exact) mass is 279 g/mol. The van der Waals surface area contributed by atoms with Crippen molar-refractivity contribution >= 4 is 11.6 Å². The lowest BCUT2D eigenvalue weighted by molar-refractivity contribution is 0.110. The Morgan fingerprint density at radius 3 is 2.79 bits per heavy atom. The first kappa shape index (κ1) is 13.4. The molecule has 2 aliphatic rings. The minimum atomic E-state index is 0.415. The van der Waals surface area contributed by atoms with Crippen molar-refractivity contribution in [1.82, 2.24) is 5.32 Å². The van der Waals surface area contributed by atoms with Crippen LogP contribution in [0, 0.1) is 5.92 Å². The second-order valence-corrected chi connectivity index (χ2v) is 6.35. The Bertz CT molecular complexity index is 415. The van der Waals surface area contributed by atoms with Gasteiger partial charge in [0.25, 0.3) is 0 Å². The van der Waals surface area contributed by atoms with Crippen molar-refractivity contribution in [2.24, 2.45) is 5.92 Å². The average molecular weight is 280 g/mol. The molecule has 0 aliphatic heterocycles. The Balaban J connectivity index is 1.55. The molecule has 2 saturated carbocycles. The van der Waals surface area contributed by atoms with Gasteiger partial charge in [0.15, 0.2) is 0 Å². The van der Waals surface area contributed by atoms with E-state index in [-0.39, 0.29) is 0 Å². The maximum atomic E-state index is 6.10. The lowest BCUT2D eigenvalue weighted by Crippen LogP contribution is -2.26. The number of halogens is 1. The van der Waals surface area contributed by atoms with Crippen LogP contribution < -0.4 is 5.32 Å². The van der Waals surface area contributed by atoms with Crippen molar-refractivity contribution in [1.29, 1.82) is 0 Å². The molecule has 1 aromatic rings. The van der Waals surface area contributed by atoms with Crippen molar-refractivity contribution < 1.29 is 4.74 Å². The molecule has 3 heteroatoms. The van der Waals surface area contributed by atoms with E-state index in [4.69, 9.17) is 16.3 Å². The second kappa shape index (κ2) is 6.25. The summed E-state index contributed by atoms with van der Waals surface area (Å²) in [6.07, 6.45) is 5.35. The highest BCUT2D eigenvalue weighted by Crippen LogP contribution is 2.29. The van der Waals surface area contributed by atoms with Crippen molar-refractivity contribution in [3.8, 4) is 0 Å². The molecule has 0 aromatic heterocycles.